The Morgan fingerprint density at radius 3 is 2.68 bits per heavy atom. The van der Waals surface area contributed by atoms with Gasteiger partial charge in [0.1, 0.15) is 12.4 Å². The van der Waals surface area contributed by atoms with E-state index >= 15 is 0 Å². The quantitative estimate of drug-likeness (QED) is 0.764. The van der Waals surface area contributed by atoms with Crippen LogP contribution < -0.4 is 4.74 Å². The fourth-order valence-corrected chi connectivity index (χ4v) is 3.67. The number of hydrogen-bond acceptors (Lipinski definition) is 3. The standard InChI is InChI=1S/C18H17BrO3/c1-3-18(13-7-5-4-6-8-13)11-22-16-14(18)9-12(10-15(16)19)17(20)21-2/h4-10H,3,11H2,1-2H3. The number of hydrogen-bond donors (Lipinski definition) is 0. The zero-order chi connectivity index (χ0) is 15.7. The molecule has 4 heteroatoms. The van der Waals surface area contributed by atoms with E-state index in [-0.39, 0.29) is 11.4 Å². The van der Waals surface area contributed by atoms with Crippen molar-refractivity contribution < 1.29 is 14.3 Å². The van der Waals surface area contributed by atoms with Crippen LogP contribution in [-0.2, 0) is 10.2 Å². The summed E-state index contributed by atoms with van der Waals surface area (Å²) in [5.41, 5.74) is 2.54. The summed E-state index contributed by atoms with van der Waals surface area (Å²) in [5.74, 6) is 0.479. The number of esters is 1. The molecule has 0 spiro atoms. The maximum absolute atomic E-state index is 11.9. The number of rotatable bonds is 3. The van der Waals surface area contributed by atoms with Crippen molar-refractivity contribution in [3.05, 3.63) is 63.6 Å². The highest BCUT2D eigenvalue weighted by Gasteiger charge is 2.42. The molecule has 2 aromatic carbocycles. The van der Waals surface area contributed by atoms with E-state index in [1.54, 1.807) is 6.07 Å². The highest BCUT2D eigenvalue weighted by molar-refractivity contribution is 9.10. The number of benzene rings is 2. The van der Waals surface area contributed by atoms with Gasteiger partial charge in [-0.15, -0.1) is 0 Å². The number of halogens is 1. The topological polar surface area (TPSA) is 35.5 Å². The normalized spacial score (nSPS) is 19.4. The lowest BCUT2D eigenvalue weighted by molar-refractivity contribution is 0.0600. The van der Waals surface area contributed by atoms with Crippen LogP contribution in [0.1, 0.15) is 34.8 Å². The van der Waals surface area contributed by atoms with Crippen LogP contribution in [0, 0.1) is 0 Å². The van der Waals surface area contributed by atoms with E-state index < -0.39 is 0 Å². The van der Waals surface area contributed by atoms with Crippen LogP contribution in [0.4, 0.5) is 0 Å². The number of carbonyl (C=O) groups is 1. The molecule has 1 atom stereocenters. The number of methoxy groups -OCH3 is 1. The van der Waals surface area contributed by atoms with Crippen molar-refractivity contribution in [2.45, 2.75) is 18.8 Å². The molecule has 0 N–H and O–H groups in total. The van der Waals surface area contributed by atoms with Crippen molar-refractivity contribution in [3.8, 4) is 5.75 Å². The first-order valence-corrected chi connectivity index (χ1v) is 8.02. The molecule has 0 aromatic heterocycles. The van der Waals surface area contributed by atoms with Gasteiger partial charge in [-0.25, -0.2) is 4.79 Å². The molecule has 1 aliphatic rings. The van der Waals surface area contributed by atoms with Gasteiger partial charge >= 0.3 is 5.97 Å². The predicted octanol–water partition coefficient (Wildman–Crippen LogP) is 4.32. The lowest BCUT2D eigenvalue weighted by Gasteiger charge is -2.27. The van der Waals surface area contributed by atoms with Crippen LogP contribution in [0.3, 0.4) is 0 Å². The van der Waals surface area contributed by atoms with Crippen LogP contribution in [0.25, 0.3) is 0 Å². The lowest BCUT2D eigenvalue weighted by atomic mass is 9.74. The van der Waals surface area contributed by atoms with Gasteiger partial charge in [-0.1, -0.05) is 37.3 Å². The molecular weight excluding hydrogens is 344 g/mol. The zero-order valence-corrected chi connectivity index (χ0v) is 14.1. The van der Waals surface area contributed by atoms with E-state index in [1.807, 2.05) is 24.3 Å². The average molecular weight is 361 g/mol. The first-order chi connectivity index (χ1) is 10.6. The summed E-state index contributed by atoms with van der Waals surface area (Å²) in [5, 5.41) is 0. The second-order valence-electron chi connectivity index (χ2n) is 5.42. The van der Waals surface area contributed by atoms with Crippen LogP contribution in [0.15, 0.2) is 46.9 Å². The van der Waals surface area contributed by atoms with E-state index in [2.05, 4.69) is 35.0 Å². The minimum atomic E-state index is -0.339. The van der Waals surface area contributed by atoms with E-state index in [4.69, 9.17) is 9.47 Å². The van der Waals surface area contributed by atoms with Gasteiger partial charge < -0.3 is 9.47 Å². The van der Waals surface area contributed by atoms with Crippen molar-refractivity contribution in [2.24, 2.45) is 0 Å². The third-order valence-corrected chi connectivity index (χ3v) is 4.96. The Morgan fingerprint density at radius 1 is 1.32 bits per heavy atom. The summed E-state index contributed by atoms with van der Waals surface area (Å²) in [7, 11) is 1.39. The van der Waals surface area contributed by atoms with E-state index in [9.17, 15) is 4.79 Å². The Morgan fingerprint density at radius 2 is 2.05 bits per heavy atom. The molecule has 0 saturated heterocycles. The Hall–Kier alpha value is -1.81. The molecular formula is C18H17BrO3. The predicted molar refractivity (Wildman–Crippen MR) is 88.5 cm³/mol. The zero-order valence-electron chi connectivity index (χ0n) is 12.6. The van der Waals surface area contributed by atoms with Crippen LogP contribution in [-0.4, -0.2) is 19.7 Å². The number of ether oxygens (including phenoxy) is 2. The minimum Gasteiger partial charge on any atom is -0.491 e. The van der Waals surface area contributed by atoms with Crippen molar-refractivity contribution in [1.29, 1.82) is 0 Å². The molecule has 0 amide bonds. The summed E-state index contributed by atoms with van der Waals surface area (Å²) < 4.78 is 11.6. The molecule has 0 fully saturated rings. The molecule has 22 heavy (non-hydrogen) atoms. The summed E-state index contributed by atoms with van der Waals surface area (Å²) in [6, 6.07) is 13.9. The third-order valence-electron chi connectivity index (χ3n) is 4.37. The molecule has 0 radical (unpaired) electrons. The van der Waals surface area contributed by atoms with Crippen molar-refractivity contribution in [3.63, 3.8) is 0 Å². The Balaban J connectivity index is 2.21. The summed E-state index contributed by atoms with van der Waals surface area (Å²) in [6.07, 6.45) is 0.890. The van der Waals surface area contributed by atoms with Crippen molar-refractivity contribution in [1.82, 2.24) is 0 Å². The Labute approximate surface area is 138 Å². The van der Waals surface area contributed by atoms with E-state index in [1.165, 1.54) is 12.7 Å². The molecule has 3 rings (SSSR count). The smallest absolute Gasteiger partial charge is 0.337 e. The first-order valence-electron chi connectivity index (χ1n) is 7.23. The van der Waals surface area contributed by atoms with Gasteiger partial charge in [0.05, 0.1) is 22.6 Å². The molecule has 3 nitrogen and oxygen atoms in total. The van der Waals surface area contributed by atoms with Crippen molar-refractivity contribution in [2.75, 3.05) is 13.7 Å². The van der Waals surface area contributed by atoms with Crippen LogP contribution >= 0.6 is 15.9 Å². The van der Waals surface area contributed by atoms with E-state index in [0.29, 0.717) is 12.2 Å². The average Bonchev–Trinajstić information content (AvgIpc) is 2.95. The highest BCUT2D eigenvalue weighted by Crippen LogP contribution is 2.49. The van der Waals surface area contributed by atoms with Gasteiger partial charge in [0.15, 0.2) is 0 Å². The minimum absolute atomic E-state index is 0.233. The largest absolute Gasteiger partial charge is 0.491 e. The second-order valence-corrected chi connectivity index (χ2v) is 6.27. The van der Waals surface area contributed by atoms with Gasteiger partial charge in [-0.3, -0.25) is 0 Å². The van der Waals surface area contributed by atoms with Gasteiger partial charge in [0.2, 0.25) is 0 Å². The maximum atomic E-state index is 11.9. The van der Waals surface area contributed by atoms with Crippen LogP contribution in [0.2, 0.25) is 0 Å². The fourth-order valence-electron chi connectivity index (χ4n) is 3.10. The Bertz CT molecular complexity index is 712. The molecule has 1 unspecified atom stereocenters. The maximum Gasteiger partial charge on any atom is 0.337 e. The molecule has 0 saturated carbocycles. The van der Waals surface area contributed by atoms with Gasteiger partial charge in [-0.05, 0) is 40.0 Å². The Kier molecular flexibility index (Phi) is 3.96. The summed E-state index contributed by atoms with van der Waals surface area (Å²) in [4.78, 5) is 11.9. The molecule has 0 bridgehead atoms. The van der Waals surface area contributed by atoms with Crippen LogP contribution in [0.5, 0.6) is 5.75 Å². The molecule has 2 aromatic rings. The summed E-state index contributed by atoms with van der Waals surface area (Å²) >= 11 is 3.52. The number of fused-ring (bicyclic) bond motifs is 1. The SMILES string of the molecule is CCC1(c2ccccc2)COc2c(Br)cc(C(=O)OC)cc21. The molecule has 0 aliphatic carbocycles. The molecule has 1 aliphatic heterocycles. The monoisotopic (exact) mass is 360 g/mol. The highest BCUT2D eigenvalue weighted by atomic mass is 79.9. The van der Waals surface area contributed by atoms with E-state index in [0.717, 1.165) is 22.2 Å². The summed E-state index contributed by atoms with van der Waals surface area (Å²) in [6.45, 7) is 2.72. The number of carbonyl (C=O) groups excluding carboxylic acids is 1. The second kappa shape index (κ2) is 5.76. The third kappa shape index (κ3) is 2.22. The van der Waals surface area contributed by atoms with Gasteiger partial charge in [-0.2, -0.15) is 0 Å². The molecule has 114 valence electrons. The van der Waals surface area contributed by atoms with Crippen molar-refractivity contribution >= 4 is 21.9 Å². The van der Waals surface area contributed by atoms with Gasteiger partial charge in [0.25, 0.3) is 0 Å². The molecule has 1 heterocycles. The first kappa shape index (κ1) is 15.1. The van der Waals surface area contributed by atoms with Gasteiger partial charge in [0, 0.05) is 5.56 Å². The fraction of sp³-hybridized carbons (Fsp3) is 0.278. The lowest BCUT2D eigenvalue weighted by Crippen LogP contribution is -2.28.